The SMILES string of the molecule is O=C(COC(c1ccccc1)c1ccccc1)N1CCN(c2nc3cccnc3s2)CC1. The second kappa shape index (κ2) is 9.46. The number of rotatable bonds is 6. The van der Waals surface area contributed by atoms with Crippen molar-refractivity contribution in [3.8, 4) is 0 Å². The van der Waals surface area contributed by atoms with E-state index in [1.54, 1.807) is 17.5 Å². The Balaban J connectivity index is 1.20. The number of carbonyl (C=O) groups is 1. The maximum absolute atomic E-state index is 12.9. The summed E-state index contributed by atoms with van der Waals surface area (Å²) in [7, 11) is 0. The molecule has 7 heteroatoms. The molecule has 2 aromatic heterocycles. The van der Waals surface area contributed by atoms with Crippen LogP contribution < -0.4 is 4.90 Å². The molecule has 5 rings (SSSR count). The summed E-state index contributed by atoms with van der Waals surface area (Å²) in [5, 5.41) is 0.968. The van der Waals surface area contributed by atoms with Gasteiger partial charge in [-0.2, -0.15) is 0 Å². The first-order valence-corrected chi connectivity index (χ1v) is 11.6. The van der Waals surface area contributed by atoms with Gasteiger partial charge in [-0.25, -0.2) is 9.97 Å². The number of thiazole rings is 1. The van der Waals surface area contributed by atoms with Crippen LogP contribution in [0.15, 0.2) is 79.0 Å². The van der Waals surface area contributed by atoms with Crippen LogP contribution in [0, 0.1) is 0 Å². The third kappa shape index (κ3) is 4.49. The van der Waals surface area contributed by atoms with Gasteiger partial charge in [-0.3, -0.25) is 4.79 Å². The van der Waals surface area contributed by atoms with Gasteiger partial charge in [-0.15, -0.1) is 0 Å². The van der Waals surface area contributed by atoms with Gasteiger partial charge >= 0.3 is 0 Å². The minimum atomic E-state index is -0.266. The first kappa shape index (κ1) is 20.6. The van der Waals surface area contributed by atoms with Crippen molar-refractivity contribution in [3.63, 3.8) is 0 Å². The lowest BCUT2D eigenvalue weighted by molar-refractivity contribution is -0.137. The Morgan fingerprint density at radius 1 is 0.906 bits per heavy atom. The molecule has 0 aliphatic carbocycles. The summed E-state index contributed by atoms with van der Waals surface area (Å²) in [5.41, 5.74) is 3.01. The zero-order valence-electron chi connectivity index (χ0n) is 17.6. The van der Waals surface area contributed by atoms with Gasteiger partial charge in [0.25, 0.3) is 0 Å². The van der Waals surface area contributed by atoms with E-state index in [0.29, 0.717) is 13.1 Å². The van der Waals surface area contributed by atoms with E-state index in [4.69, 9.17) is 4.74 Å². The Morgan fingerprint density at radius 2 is 1.56 bits per heavy atom. The summed E-state index contributed by atoms with van der Waals surface area (Å²) in [6, 6.07) is 24.0. The maximum atomic E-state index is 12.9. The van der Waals surface area contributed by atoms with Crippen molar-refractivity contribution in [2.45, 2.75) is 6.10 Å². The number of hydrogen-bond donors (Lipinski definition) is 0. The van der Waals surface area contributed by atoms with Crippen molar-refractivity contribution >= 4 is 32.7 Å². The Morgan fingerprint density at radius 3 is 2.19 bits per heavy atom. The summed E-state index contributed by atoms with van der Waals surface area (Å²) in [6.45, 7) is 2.89. The molecule has 0 spiro atoms. The average Bonchev–Trinajstić information content (AvgIpc) is 3.30. The van der Waals surface area contributed by atoms with Gasteiger partial charge in [0.15, 0.2) is 5.13 Å². The minimum Gasteiger partial charge on any atom is -0.359 e. The van der Waals surface area contributed by atoms with Crippen LogP contribution >= 0.6 is 11.3 Å². The number of ether oxygens (including phenoxy) is 1. The van der Waals surface area contributed by atoms with Gasteiger partial charge in [-0.05, 0) is 23.3 Å². The van der Waals surface area contributed by atoms with E-state index in [1.165, 1.54) is 0 Å². The van der Waals surface area contributed by atoms with Gasteiger partial charge in [0.05, 0.1) is 0 Å². The van der Waals surface area contributed by atoms with Crippen molar-refractivity contribution in [3.05, 3.63) is 90.1 Å². The number of amides is 1. The van der Waals surface area contributed by atoms with Crippen LogP contribution in [0.2, 0.25) is 0 Å². The number of anilines is 1. The normalized spacial score (nSPS) is 14.3. The molecule has 0 bridgehead atoms. The number of pyridine rings is 1. The molecule has 3 heterocycles. The van der Waals surface area contributed by atoms with E-state index >= 15 is 0 Å². The number of benzene rings is 2. The molecule has 1 aliphatic heterocycles. The number of carbonyl (C=O) groups excluding carboxylic acids is 1. The quantitative estimate of drug-likeness (QED) is 0.447. The largest absolute Gasteiger partial charge is 0.359 e. The summed E-state index contributed by atoms with van der Waals surface area (Å²) in [5.74, 6) is 0.0208. The summed E-state index contributed by atoms with van der Waals surface area (Å²) >= 11 is 1.60. The van der Waals surface area contributed by atoms with Crippen molar-refractivity contribution in [1.82, 2.24) is 14.9 Å². The van der Waals surface area contributed by atoms with Gasteiger partial charge < -0.3 is 14.5 Å². The van der Waals surface area contributed by atoms with Crippen LogP contribution in [-0.4, -0.2) is 53.6 Å². The number of piperazine rings is 1. The minimum absolute atomic E-state index is 0.0208. The zero-order chi connectivity index (χ0) is 21.8. The molecular weight excluding hydrogens is 420 g/mol. The average molecular weight is 445 g/mol. The molecule has 0 saturated carbocycles. The second-order valence-electron chi connectivity index (χ2n) is 7.70. The molecule has 0 unspecified atom stereocenters. The number of nitrogens with zero attached hydrogens (tertiary/aromatic N) is 4. The third-order valence-corrected chi connectivity index (χ3v) is 6.68. The molecule has 4 aromatic rings. The molecule has 2 aromatic carbocycles. The summed E-state index contributed by atoms with van der Waals surface area (Å²) in [6.07, 6.45) is 1.52. The lowest BCUT2D eigenvalue weighted by Crippen LogP contribution is -2.49. The van der Waals surface area contributed by atoms with E-state index in [1.807, 2.05) is 77.7 Å². The topological polar surface area (TPSA) is 58.6 Å². The zero-order valence-corrected chi connectivity index (χ0v) is 18.4. The highest BCUT2D eigenvalue weighted by molar-refractivity contribution is 7.21. The number of fused-ring (bicyclic) bond motifs is 1. The predicted octanol–water partition coefficient (Wildman–Crippen LogP) is 4.15. The molecule has 162 valence electrons. The smallest absolute Gasteiger partial charge is 0.248 e. The second-order valence-corrected chi connectivity index (χ2v) is 8.66. The Hall–Kier alpha value is -3.29. The van der Waals surface area contributed by atoms with Crippen molar-refractivity contribution in [2.75, 3.05) is 37.7 Å². The maximum Gasteiger partial charge on any atom is 0.248 e. The molecule has 6 nitrogen and oxygen atoms in total. The molecule has 0 radical (unpaired) electrons. The van der Waals surface area contributed by atoms with Crippen molar-refractivity contribution in [1.29, 1.82) is 0 Å². The van der Waals surface area contributed by atoms with Crippen LogP contribution in [0.1, 0.15) is 17.2 Å². The van der Waals surface area contributed by atoms with E-state index in [0.717, 1.165) is 39.7 Å². The van der Waals surface area contributed by atoms with Gasteiger partial charge in [0.2, 0.25) is 5.91 Å². The van der Waals surface area contributed by atoms with Crippen LogP contribution in [0.25, 0.3) is 10.3 Å². The highest BCUT2D eigenvalue weighted by Crippen LogP contribution is 2.28. The van der Waals surface area contributed by atoms with Crippen LogP contribution in [0.4, 0.5) is 5.13 Å². The fourth-order valence-corrected chi connectivity index (χ4v) is 4.89. The van der Waals surface area contributed by atoms with Crippen LogP contribution in [0.3, 0.4) is 0 Å². The monoisotopic (exact) mass is 444 g/mol. The Labute approximate surface area is 191 Å². The Bertz CT molecular complexity index is 1100. The van der Waals surface area contributed by atoms with Crippen molar-refractivity contribution < 1.29 is 9.53 Å². The summed E-state index contributed by atoms with van der Waals surface area (Å²) < 4.78 is 6.16. The predicted molar refractivity (Wildman–Crippen MR) is 127 cm³/mol. The molecule has 0 N–H and O–H groups in total. The fraction of sp³-hybridized carbons (Fsp3) is 0.240. The lowest BCUT2D eigenvalue weighted by Gasteiger charge is -2.34. The standard InChI is InChI=1S/C25H24N4O2S/c30-22(18-31-23(19-8-3-1-4-9-19)20-10-5-2-6-11-20)28-14-16-29(17-15-28)25-27-21-12-7-13-26-24(21)32-25/h1-13,23H,14-18H2. The number of hydrogen-bond acceptors (Lipinski definition) is 6. The summed E-state index contributed by atoms with van der Waals surface area (Å²) in [4.78, 5) is 27.0. The van der Waals surface area contributed by atoms with E-state index < -0.39 is 0 Å². The molecule has 0 atom stereocenters. The van der Waals surface area contributed by atoms with Gasteiger partial charge in [0, 0.05) is 32.4 Å². The first-order valence-electron chi connectivity index (χ1n) is 10.7. The van der Waals surface area contributed by atoms with E-state index in [-0.39, 0.29) is 18.6 Å². The van der Waals surface area contributed by atoms with Gasteiger partial charge in [0.1, 0.15) is 23.1 Å². The highest BCUT2D eigenvalue weighted by Gasteiger charge is 2.24. The molecule has 1 saturated heterocycles. The van der Waals surface area contributed by atoms with Crippen LogP contribution in [0.5, 0.6) is 0 Å². The highest BCUT2D eigenvalue weighted by atomic mass is 32.1. The van der Waals surface area contributed by atoms with E-state index in [2.05, 4.69) is 14.9 Å². The lowest BCUT2D eigenvalue weighted by atomic mass is 10.0. The van der Waals surface area contributed by atoms with E-state index in [9.17, 15) is 4.79 Å². The fourth-order valence-electron chi connectivity index (χ4n) is 3.93. The molecule has 1 aliphatic rings. The molecule has 1 amide bonds. The first-order chi connectivity index (χ1) is 15.8. The molecule has 32 heavy (non-hydrogen) atoms. The van der Waals surface area contributed by atoms with Crippen LogP contribution in [-0.2, 0) is 9.53 Å². The van der Waals surface area contributed by atoms with Crippen molar-refractivity contribution in [2.24, 2.45) is 0 Å². The third-order valence-electron chi connectivity index (χ3n) is 5.64. The molecular formula is C25H24N4O2S. The number of aromatic nitrogens is 2. The molecule has 1 fully saturated rings. The van der Waals surface area contributed by atoms with Gasteiger partial charge in [-0.1, -0.05) is 72.0 Å². The Kier molecular flexibility index (Phi) is 6.09.